The van der Waals surface area contributed by atoms with Crippen LogP contribution in [-0.2, 0) is 10.0 Å². The van der Waals surface area contributed by atoms with Gasteiger partial charge in [-0.15, -0.1) is 0 Å². The Morgan fingerprint density at radius 2 is 2.00 bits per heavy atom. The van der Waals surface area contributed by atoms with Crippen molar-refractivity contribution < 1.29 is 8.42 Å². The van der Waals surface area contributed by atoms with Crippen LogP contribution in [0.25, 0.3) is 0 Å². The normalized spacial score (nSPS) is 27.4. The van der Waals surface area contributed by atoms with E-state index in [0.29, 0.717) is 17.5 Å². The Morgan fingerprint density at radius 3 is 2.60 bits per heavy atom. The molecule has 1 aromatic rings. The fourth-order valence-electron chi connectivity index (χ4n) is 2.78. The second-order valence-electron chi connectivity index (χ2n) is 5.81. The molecule has 0 aliphatic heterocycles. The SMILES string of the molecule is CC1CCC(NS(=O)(=O)c2ccc(N)c(Cl)c2)C(C)C1. The Labute approximate surface area is 125 Å². The standard InChI is InChI=1S/C14H21ClN2O2S/c1-9-3-6-14(10(2)7-9)17-20(18,19)11-4-5-13(16)12(15)8-11/h4-5,8-10,14,17H,3,6-7,16H2,1-2H3. The zero-order valence-electron chi connectivity index (χ0n) is 11.8. The number of sulfonamides is 1. The third-order valence-electron chi connectivity index (χ3n) is 4.02. The Balaban J connectivity index is 2.16. The molecule has 0 bridgehead atoms. The minimum absolute atomic E-state index is 0.00692. The number of nitrogens with one attached hydrogen (secondary N) is 1. The maximum Gasteiger partial charge on any atom is 0.240 e. The van der Waals surface area contributed by atoms with E-state index >= 15 is 0 Å². The Kier molecular flexibility index (Phi) is 4.62. The molecule has 1 aliphatic rings. The predicted octanol–water partition coefficient (Wildman–Crippen LogP) is 3.03. The molecular formula is C14H21ClN2O2S. The van der Waals surface area contributed by atoms with E-state index in [0.717, 1.165) is 19.3 Å². The summed E-state index contributed by atoms with van der Waals surface area (Å²) in [5, 5.41) is 0.262. The van der Waals surface area contributed by atoms with Crippen LogP contribution in [0.4, 0.5) is 5.69 Å². The zero-order valence-corrected chi connectivity index (χ0v) is 13.3. The summed E-state index contributed by atoms with van der Waals surface area (Å²) in [6.45, 7) is 4.31. The number of hydrogen-bond donors (Lipinski definition) is 2. The Morgan fingerprint density at radius 1 is 1.30 bits per heavy atom. The smallest absolute Gasteiger partial charge is 0.240 e. The van der Waals surface area contributed by atoms with Crippen LogP contribution in [0.5, 0.6) is 0 Å². The van der Waals surface area contributed by atoms with Gasteiger partial charge >= 0.3 is 0 Å². The molecule has 4 nitrogen and oxygen atoms in total. The lowest BCUT2D eigenvalue weighted by Crippen LogP contribution is -2.42. The molecule has 0 spiro atoms. The highest BCUT2D eigenvalue weighted by molar-refractivity contribution is 7.89. The maximum absolute atomic E-state index is 12.4. The molecule has 1 fully saturated rings. The van der Waals surface area contributed by atoms with E-state index in [9.17, 15) is 8.42 Å². The number of anilines is 1. The topological polar surface area (TPSA) is 72.2 Å². The molecule has 6 heteroatoms. The first-order chi connectivity index (χ1) is 9.29. The maximum atomic E-state index is 12.4. The molecule has 112 valence electrons. The van der Waals surface area contributed by atoms with Gasteiger partial charge in [-0.05, 0) is 49.3 Å². The number of benzene rings is 1. The van der Waals surface area contributed by atoms with Crippen molar-refractivity contribution in [3.05, 3.63) is 23.2 Å². The molecular weight excluding hydrogens is 296 g/mol. The molecule has 1 aromatic carbocycles. The quantitative estimate of drug-likeness (QED) is 0.842. The van der Waals surface area contributed by atoms with Crippen molar-refractivity contribution in [2.24, 2.45) is 11.8 Å². The van der Waals surface area contributed by atoms with Crippen LogP contribution in [-0.4, -0.2) is 14.5 Å². The number of halogens is 1. The van der Waals surface area contributed by atoms with Gasteiger partial charge in [-0.1, -0.05) is 25.4 Å². The van der Waals surface area contributed by atoms with Crippen molar-refractivity contribution in [3.8, 4) is 0 Å². The van der Waals surface area contributed by atoms with Crippen LogP contribution in [0.3, 0.4) is 0 Å². The average molecular weight is 317 g/mol. The summed E-state index contributed by atoms with van der Waals surface area (Å²) in [5.41, 5.74) is 5.99. The van der Waals surface area contributed by atoms with Crippen molar-refractivity contribution >= 4 is 27.3 Å². The van der Waals surface area contributed by atoms with E-state index in [2.05, 4.69) is 18.6 Å². The van der Waals surface area contributed by atoms with Gasteiger partial charge in [0.1, 0.15) is 0 Å². The van der Waals surface area contributed by atoms with Gasteiger partial charge in [-0.3, -0.25) is 0 Å². The first-order valence-electron chi connectivity index (χ1n) is 6.87. The molecule has 0 saturated heterocycles. The van der Waals surface area contributed by atoms with Crippen molar-refractivity contribution in [1.29, 1.82) is 0 Å². The van der Waals surface area contributed by atoms with Gasteiger partial charge in [0.2, 0.25) is 10.0 Å². The minimum Gasteiger partial charge on any atom is -0.398 e. The third kappa shape index (κ3) is 3.45. The largest absolute Gasteiger partial charge is 0.398 e. The van der Waals surface area contributed by atoms with Crippen LogP contribution < -0.4 is 10.5 Å². The van der Waals surface area contributed by atoms with Crippen LogP contribution in [0.1, 0.15) is 33.1 Å². The Bertz CT molecular complexity index is 589. The average Bonchev–Trinajstić information content (AvgIpc) is 2.36. The van der Waals surface area contributed by atoms with Crippen LogP contribution in [0, 0.1) is 11.8 Å². The summed E-state index contributed by atoms with van der Waals surface area (Å²) in [7, 11) is -3.54. The van der Waals surface area contributed by atoms with E-state index in [1.54, 1.807) is 0 Å². The van der Waals surface area contributed by atoms with Crippen LogP contribution in [0.15, 0.2) is 23.1 Å². The van der Waals surface area contributed by atoms with Gasteiger partial charge in [0.15, 0.2) is 0 Å². The van der Waals surface area contributed by atoms with Crippen molar-refractivity contribution in [2.75, 3.05) is 5.73 Å². The molecule has 1 aliphatic carbocycles. The number of rotatable bonds is 3. The van der Waals surface area contributed by atoms with Gasteiger partial charge in [-0.2, -0.15) is 0 Å². The van der Waals surface area contributed by atoms with Crippen molar-refractivity contribution in [1.82, 2.24) is 4.72 Å². The highest BCUT2D eigenvalue weighted by Crippen LogP contribution is 2.30. The van der Waals surface area contributed by atoms with E-state index < -0.39 is 10.0 Å². The molecule has 0 amide bonds. The second-order valence-corrected chi connectivity index (χ2v) is 7.93. The molecule has 3 N–H and O–H groups in total. The first kappa shape index (κ1) is 15.6. The van der Waals surface area contributed by atoms with Gasteiger partial charge in [0, 0.05) is 6.04 Å². The monoisotopic (exact) mass is 316 g/mol. The van der Waals surface area contributed by atoms with E-state index in [1.807, 2.05) is 0 Å². The van der Waals surface area contributed by atoms with Gasteiger partial charge in [0.05, 0.1) is 15.6 Å². The summed E-state index contributed by atoms with van der Waals surface area (Å²) in [5.74, 6) is 1.01. The first-order valence-corrected chi connectivity index (χ1v) is 8.73. The highest BCUT2D eigenvalue weighted by Gasteiger charge is 2.29. The lowest BCUT2D eigenvalue weighted by Gasteiger charge is -2.32. The molecule has 0 radical (unpaired) electrons. The number of nitrogen functional groups attached to an aromatic ring is 1. The molecule has 1 saturated carbocycles. The fraction of sp³-hybridized carbons (Fsp3) is 0.571. The van der Waals surface area contributed by atoms with Crippen LogP contribution >= 0.6 is 11.6 Å². The predicted molar refractivity (Wildman–Crippen MR) is 82.2 cm³/mol. The van der Waals surface area contributed by atoms with E-state index in [-0.39, 0.29) is 16.0 Å². The zero-order chi connectivity index (χ0) is 14.9. The summed E-state index contributed by atoms with van der Waals surface area (Å²) in [4.78, 5) is 0.169. The molecule has 3 unspecified atom stereocenters. The summed E-state index contributed by atoms with van der Waals surface area (Å²) >= 11 is 5.89. The molecule has 2 rings (SSSR count). The molecule has 20 heavy (non-hydrogen) atoms. The lowest BCUT2D eigenvalue weighted by molar-refractivity contribution is 0.249. The van der Waals surface area contributed by atoms with Gasteiger partial charge < -0.3 is 5.73 Å². The van der Waals surface area contributed by atoms with Gasteiger partial charge in [-0.25, -0.2) is 13.1 Å². The van der Waals surface area contributed by atoms with Crippen molar-refractivity contribution in [3.63, 3.8) is 0 Å². The summed E-state index contributed by atoms with van der Waals surface area (Å²) in [6, 6.07) is 4.39. The fourth-order valence-corrected chi connectivity index (χ4v) is 4.43. The van der Waals surface area contributed by atoms with E-state index in [1.165, 1.54) is 18.2 Å². The van der Waals surface area contributed by atoms with Gasteiger partial charge in [0.25, 0.3) is 0 Å². The lowest BCUT2D eigenvalue weighted by atomic mass is 9.80. The number of hydrogen-bond acceptors (Lipinski definition) is 3. The van der Waals surface area contributed by atoms with Crippen molar-refractivity contribution in [2.45, 2.75) is 44.0 Å². The second kappa shape index (κ2) is 5.92. The Hall–Kier alpha value is -0.780. The minimum atomic E-state index is -3.54. The highest BCUT2D eigenvalue weighted by atomic mass is 35.5. The number of nitrogens with two attached hydrogens (primary N) is 1. The van der Waals surface area contributed by atoms with Crippen LogP contribution in [0.2, 0.25) is 5.02 Å². The molecule has 0 aromatic heterocycles. The molecule has 0 heterocycles. The molecule has 3 atom stereocenters. The summed E-state index contributed by atoms with van der Waals surface area (Å²) < 4.78 is 27.6. The third-order valence-corrected chi connectivity index (χ3v) is 5.84. The van der Waals surface area contributed by atoms with E-state index in [4.69, 9.17) is 17.3 Å². The summed E-state index contributed by atoms with van der Waals surface area (Å²) in [6.07, 6.45) is 2.99.